The zero-order valence-corrected chi connectivity index (χ0v) is 15.3. The van der Waals surface area contributed by atoms with Crippen LogP contribution in [0, 0.1) is 25.6 Å². The molecule has 0 unspecified atom stereocenters. The van der Waals surface area contributed by atoms with Crippen molar-refractivity contribution in [3.63, 3.8) is 0 Å². The minimum absolute atomic E-state index is 0.0473. The van der Waals surface area contributed by atoms with Gasteiger partial charge in [0.15, 0.2) is 5.78 Å². The molecule has 0 N–H and O–H groups in total. The summed E-state index contributed by atoms with van der Waals surface area (Å²) in [6, 6.07) is 12.3. The number of amides is 1. The molecule has 2 aromatic rings. The number of likely N-dealkylation sites (tertiary alicyclic amines) is 1. The lowest BCUT2D eigenvalue weighted by atomic mass is 9.87. The molecule has 26 heavy (non-hydrogen) atoms. The highest BCUT2D eigenvalue weighted by atomic mass is 19.1. The third-order valence-electron chi connectivity index (χ3n) is 5.17. The molecule has 0 saturated carbocycles. The monoisotopic (exact) mass is 353 g/mol. The average molecular weight is 353 g/mol. The van der Waals surface area contributed by atoms with Crippen molar-refractivity contribution in [3.05, 3.63) is 70.5 Å². The van der Waals surface area contributed by atoms with Crippen LogP contribution in [0.4, 0.5) is 4.39 Å². The Bertz CT molecular complexity index is 823. The normalized spacial score (nSPS) is 15.1. The Kier molecular flexibility index (Phi) is 5.50. The first-order chi connectivity index (χ1) is 12.5. The van der Waals surface area contributed by atoms with Gasteiger partial charge in [-0.05, 0) is 43.9 Å². The molecule has 1 heterocycles. The standard InChI is InChI=1S/C22H24FNO2/c1-15-7-8-19(16(2)13-15)22(26)17-9-11-24(12-10-17)21(25)14-18-5-3-4-6-20(18)23/h3-8,13,17H,9-12,14H2,1-2H3. The van der Waals surface area contributed by atoms with E-state index in [1.165, 1.54) is 6.07 Å². The van der Waals surface area contributed by atoms with E-state index in [0.29, 0.717) is 31.5 Å². The van der Waals surface area contributed by atoms with Crippen LogP contribution in [0.1, 0.15) is 39.9 Å². The number of hydrogen-bond acceptors (Lipinski definition) is 2. The van der Waals surface area contributed by atoms with Crippen molar-refractivity contribution in [1.29, 1.82) is 0 Å². The number of rotatable bonds is 4. The van der Waals surface area contributed by atoms with Gasteiger partial charge in [-0.3, -0.25) is 9.59 Å². The van der Waals surface area contributed by atoms with Gasteiger partial charge in [-0.2, -0.15) is 0 Å². The predicted molar refractivity (Wildman–Crippen MR) is 99.7 cm³/mol. The van der Waals surface area contributed by atoms with Gasteiger partial charge in [0.25, 0.3) is 0 Å². The summed E-state index contributed by atoms with van der Waals surface area (Å²) < 4.78 is 13.7. The molecule has 0 aliphatic carbocycles. The maximum atomic E-state index is 13.7. The fraction of sp³-hybridized carbons (Fsp3) is 0.364. The molecule has 0 radical (unpaired) electrons. The SMILES string of the molecule is Cc1ccc(C(=O)C2CCN(C(=O)Cc3ccccc3F)CC2)c(C)c1. The van der Waals surface area contributed by atoms with E-state index in [1.54, 1.807) is 23.1 Å². The highest BCUT2D eigenvalue weighted by Crippen LogP contribution is 2.24. The minimum atomic E-state index is -0.347. The van der Waals surface area contributed by atoms with Crippen LogP contribution in [0.3, 0.4) is 0 Å². The van der Waals surface area contributed by atoms with Crippen LogP contribution in [-0.4, -0.2) is 29.7 Å². The van der Waals surface area contributed by atoms with Gasteiger partial charge in [0.1, 0.15) is 5.82 Å². The summed E-state index contributed by atoms with van der Waals surface area (Å²) >= 11 is 0. The maximum Gasteiger partial charge on any atom is 0.227 e. The Morgan fingerprint density at radius 2 is 1.77 bits per heavy atom. The molecule has 1 amide bonds. The van der Waals surface area contributed by atoms with Crippen LogP contribution in [0.2, 0.25) is 0 Å². The topological polar surface area (TPSA) is 37.4 Å². The van der Waals surface area contributed by atoms with Crippen LogP contribution in [-0.2, 0) is 11.2 Å². The number of benzene rings is 2. The zero-order valence-electron chi connectivity index (χ0n) is 15.3. The molecular formula is C22H24FNO2. The number of carbonyl (C=O) groups excluding carboxylic acids is 2. The molecule has 0 aromatic heterocycles. The molecule has 1 aliphatic heterocycles. The van der Waals surface area contributed by atoms with E-state index in [1.807, 2.05) is 32.0 Å². The summed E-state index contributed by atoms with van der Waals surface area (Å²) in [5.74, 6) is -0.300. The number of nitrogens with zero attached hydrogens (tertiary/aromatic N) is 1. The van der Waals surface area contributed by atoms with Crippen LogP contribution < -0.4 is 0 Å². The Hall–Kier alpha value is -2.49. The highest BCUT2D eigenvalue weighted by molar-refractivity contribution is 5.99. The van der Waals surface area contributed by atoms with Gasteiger partial charge in [-0.1, -0.05) is 42.0 Å². The first-order valence-corrected chi connectivity index (χ1v) is 9.08. The average Bonchev–Trinajstić information content (AvgIpc) is 2.63. The first-order valence-electron chi connectivity index (χ1n) is 9.08. The van der Waals surface area contributed by atoms with E-state index < -0.39 is 0 Å². The molecular weight excluding hydrogens is 329 g/mol. The number of Topliss-reactive ketones (excluding diaryl/α,β-unsaturated/α-hetero) is 1. The fourth-order valence-corrected chi connectivity index (χ4v) is 3.62. The van der Waals surface area contributed by atoms with Gasteiger partial charge in [-0.25, -0.2) is 4.39 Å². The zero-order chi connectivity index (χ0) is 18.7. The van der Waals surface area contributed by atoms with E-state index >= 15 is 0 Å². The van der Waals surface area contributed by atoms with Crippen molar-refractivity contribution in [2.24, 2.45) is 5.92 Å². The lowest BCUT2D eigenvalue weighted by Crippen LogP contribution is -2.41. The third kappa shape index (κ3) is 4.01. The summed E-state index contributed by atoms with van der Waals surface area (Å²) in [5.41, 5.74) is 3.36. The molecule has 4 heteroatoms. The van der Waals surface area contributed by atoms with Gasteiger partial charge in [0, 0.05) is 24.6 Å². The minimum Gasteiger partial charge on any atom is -0.342 e. The number of halogens is 1. The number of aryl methyl sites for hydroxylation is 2. The molecule has 1 fully saturated rings. The molecule has 0 bridgehead atoms. The van der Waals surface area contributed by atoms with Gasteiger partial charge >= 0.3 is 0 Å². The summed E-state index contributed by atoms with van der Waals surface area (Å²) in [7, 11) is 0. The largest absolute Gasteiger partial charge is 0.342 e. The smallest absolute Gasteiger partial charge is 0.227 e. The van der Waals surface area contributed by atoms with Crippen LogP contribution in [0.25, 0.3) is 0 Å². The number of carbonyl (C=O) groups is 2. The Labute approximate surface area is 153 Å². The molecule has 0 atom stereocenters. The Morgan fingerprint density at radius 3 is 2.42 bits per heavy atom. The summed E-state index contributed by atoms with van der Waals surface area (Å²) in [6.45, 7) is 5.08. The molecule has 3 rings (SSSR count). The second kappa shape index (κ2) is 7.81. The lowest BCUT2D eigenvalue weighted by molar-refractivity contribution is -0.131. The van der Waals surface area contributed by atoms with E-state index in [0.717, 1.165) is 16.7 Å². The fourth-order valence-electron chi connectivity index (χ4n) is 3.62. The number of ketones is 1. The maximum absolute atomic E-state index is 13.7. The number of piperidine rings is 1. The van der Waals surface area contributed by atoms with Crippen molar-refractivity contribution in [2.45, 2.75) is 33.1 Å². The van der Waals surface area contributed by atoms with Crippen LogP contribution >= 0.6 is 0 Å². The molecule has 136 valence electrons. The van der Waals surface area contributed by atoms with Crippen LogP contribution in [0.5, 0.6) is 0 Å². The van der Waals surface area contributed by atoms with E-state index in [4.69, 9.17) is 0 Å². The lowest BCUT2D eigenvalue weighted by Gasteiger charge is -2.31. The molecule has 2 aromatic carbocycles. The predicted octanol–water partition coefficient (Wildman–Crippen LogP) is 4.11. The van der Waals surface area contributed by atoms with E-state index in [9.17, 15) is 14.0 Å². The van der Waals surface area contributed by atoms with Gasteiger partial charge in [0.05, 0.1) is 6.42 Å². The van der Waals surface area contributed by atoms with E-state index in [-0.39, 0.29) is 29.8 Å². The second-order valence-electron chi connectivity index (χ2n) is 7.11. The summed E-state index contributed by atoms with van der Waals surface area (Å²) in [4.78, 5) is 27.0. The quantitative estimate of drug-likeness (QED) is 0.776. The first kappa shape index (κ1) is 18.3. The second-order valence-corrected chi connectivity index (χ2v) is 7.11. The van der Waals surface area contributed by atoms with Crippen LogP contribution in [0.15, 0.2) is 42.5 Å². The van der Waals surface area contributed by atoms with E-state index in [2.05, 4.69) is 0 Å². The third-order valence-corrected chi connectivity index (χ3v) is 5.17. The van der Waals surface area contributed by atoms with Gasteiger partial charge in [-0.15, -0.1) is 0 Å². The molecule has 1 saturated heterocycles. The van der Waals surface area contributed by atoms with Gasteiger partial charge < -0.3 is 4.90 Å². The molecule has 0 spiro atoms. The van der Waals surface area contributed by atoms with Gasteiger partial charge in [0.2, 0.25) is 5.91 Å². The Morgan fingerprint density at radius 1 is 1.08 bits per heavy atom. The Balaban J connectivity index is 1.59. The van der Waals surface area contributed by atoms with Crippen molar-refractivity contribution >= 4 is 11.7 Å². The number of hydrogen-bond donors (Lipinski definition) is 0. The summed E-state index contributed by atoms with van der Waals surface area (Å²) in [5, 5.41) is 0. The van der Waals surface area contributed by atoms with Crippen molar-refractivity contribution in [3.8, 4) is 0 Å². The molecule has 1 aliphatic rings. The highest BCUT2D eigenvalue weighted by Gasteiger charge is 2.28. The molecule has 3 nitrogen and oxygen atoms in total. The summed E-state index contributed by atoms with van der Waals surface area (Å²) in [6.07, 6.45) is 1.40. The van der Waals surface area contributed by atoms with Crippen molar-refractivity contribution in [2.75, 3.05) is 13.1 Å². The van der Waals surface area contributed by atoms with Crippen molar-refractivity contribution in [1.82, 2.24) is 4.90 Å². The van der Waals surface area contributed by atoms with Crippen molar-refractivity contribution < 1.29 is 14.0 Å².